The molecule has 1 amide bonds. The number of hydrogen-bond acceptors (Lipinski definition) is 3. The quantitative estimate of drug-likeness (QED) is 0.737. The maximum atomic E-state index is 13.8. The van der Waals surface area contributed by atoms with Crippen LogP contribution in [0.25, 0.3) is 0 Å². The molecule has 3 N–H and O–H groups in total. The van der Waals surface area contributed by atoms with Crippen molar-refractivity contribution in [2.24, 2.45) is 5.73 Å². The van der Waals surface area contributed by atoms with Crippen LogP contribution in [0.5, 0.6) is 5.75 Å². The van der Waals surface area contributed by atoms with Gasteiger partial charge in [-0.2, -0.15) is 0 Å². The van der Waals surface area contributed by atoms with Crippen LogP contribution in [0.4, 0.5) is 4.39 Å². The maximum Gasteiger partial charge on any atom is 0.258 e. The first-order valence-corrected chi connectivity index (χ1v) is 6.44. The molecule has 0 spiro atoms. The molecule has 0 bridgehead atoms. The van der Waals surface area contributed by atoms with Gasteiger partial charge in [0.15, 0.2) is 18.2 Å². The van der Waals surface area contributed by atoms with Crippen LogP contribution < -0.4 is 15.8 Å². The molecule has 1 atom stereocenters. The van der Waals surface area contributed by atoms with Crippen LogP contribution in [0.2, 0.25) is 0 Å². The van der Waals surface area contributed by atoms with Crippen LogP contribution in [0.15, 0.2) is 18.2 Å². The topological polar surface area (TPSA) is 64.3 Å². The van der Waals surface area contributed by atoms with E-state index < -0.39 is 11.7 Å². The van der Waals surface area contributed by atoms with Crippen molar-refractivity contribution in [3.8, 4) is 18.1 Å². The van der Waals surface area contributed by atoms with Crippen molar-refractivity contribution in [3.63, 3.8) is 0 Å². The van der Waals surface area contributed by atoms with Gasteiger partial charge in [0, 0.05) is 6.04 Å². The summed E-state index contributed by atoms with van der Waals surface area (Å²) in [7, 11) is 0. The Labute approximate surface area is 118 Å². The minimum absolute atomic E-state index is 0.0746. The Morgan fingerprint density at radius 1 is 1.60 bits per heavy atom. The van der Waals surface area contributed by atoms with Crippen LogP contribution in [0, 0.1) is 18.2 Å². The summed E-state index contributed by atoms with van der Waals surface area (Å²) < 4.78 is 19.0. The highest BCUT2D eigenvalue weighted by atomic mass is 19.1. The minimum atomic E-state index is -0.504. The number of amides is 1. The number of carbonyl (C=O) groups excluding carboxylic acids is 1. The molecule has 4 nitrogen and oxygen atoms in total. The molecule has 0 fully saturated rings. The lowest BCUT2D eigenvalue weighted by molar-refractivity contribution is -0.122. The fraction of sp³-hybridized carbons (Fsp3) is 0.400. The number of benzene rings is 1. The lowest BCUT2D eigenvalue weighted by Crippen LogP contribution is -2.29. The molecule has 0 aromatic heterocycles. The van der Waals surface area contributed by atoms with E-state index in [4.69, 9.17) is 16.9 Å². The SMILES string of the molecule is C#CCNC(=O)COc1c(F)cccc1CC(N)CC. The number of halogens is 1. The normalized spacial score (nSPS) is 11.5. The van der Waals surface area contributed by atoms with E-state index in [1.54, 1.807) is 12.1 Å². The van der Waals surface area contributed by atoms with Crippen molar-refractivity contribution in [2.45, 2.75) is 25.8 Å². The summed E-state index contributed by atoms with van der Waals surface area (Å²) >= 11 is 0. The van der Waals surface area contributed by atoms with Crippen molar-refractivity contribution in [2.75, 3.05) is 13.2 Å². The lowest BCUT2D eigenvalue weighted by Gasteiger charge is -2.14. The van der Waals surface area contributed by atoms with Gasteiger partial charge in [-0.3, -0.25) is 4.79 Å². The molecule has 0 aliphatic heterocycles. The molecule has 108 valence electrons. The van der Waals surface area contributed by atoms with Gasteiger partial charge in [0.05, 0.1) is 6.54 Å². The van der Waals surface area contributed by atoms with E-state index in [0.29, 0.717) is 12.0 Å². The second-order valence-corrected chi connectivity index (χ2v) is 4.37. The molecule has 1 aromatic carbocycles. The van der Waals surface area contributed by atoms with Crippen molar-refractivity contribution in [1.29, 1.82) is 0 Å². The molecule has 1 unspecified atom stereocenters. The third kappa shape index (κ3) is 4.90. The van der Waals surface area contributed by atoms with Crippen molar-refractivity contribution >= 4 is 5.91 Å². The van der Waals surface area contributed by atoms with Gasteiger partial charge in [0.2, 0.25) is 0 Å². The van der Waals surface area contributed by atoms with Gasteiger partial charge >= 0.3 is 0 Å². The van der Waals surface area contributed by atoms with E-state index in [0.717, 1.165) is 6.42 Å². The molecule has 1 aromatic rings. The van der Waals surface area contributed by atoms with E-state index in [-0.39, 0.29) is 24.9 Å². The van der Waals surface area contributed by atoms with Crippen molar-refractivity contribution in [1.82, 2.24) is 5.32 Å². The molecule has 5 heteroatoms. The highest BCUT2D eigenvalue weighted by Gasteiger charge is 2.13. The first kappa shape index (κ1) is 16.0. The molecule has 0 aliphatic rings. The Morgan fingerprint density at radius 2 is 2.35 bits per heavy atom. The molecule has 0 heterocycles. The number of hydrogen-bond donors (Lipinski definition) is 2. The highest BCUT2D eigenvalue weighted by molar-refractivity contribution is 5.77. The first-order valence-electron chi connectivity index (χ1n) is 6.44. The zero-order valence-electron chi connectivity index (χ0n) is 11.5. The van der Waals surface area contributed by atoms with E-state index >= 15 is 0 Å². The number of carbonyl (C=O) groups is 1. The standard InChI is InChI=1S/C15H19FN2O2/c1-3-8-18-14(19)10-20-15-11(9-12(17)4-2)6-5-7-13(15)16/h1,5-7,12H,4,8-10,17H2,2H3,(H,18,19). The summed E-state index contributed by atoms with van der Waals surface area (Å²) in [6.45, 7) is 1.79. The lowest BCUT2D eigenvalue weighted by atomic mass is 10.0. The molecule has 0 aliphatic carbocycles. The zero-order chi connectivity index (χ0) is 15.0. The number of ether oxygens (including phenoxy) is 1. The zero-order valence-corrected chi connectivity index (χ0v) is 11.5. The first-order chi connectivity index (χ1) is 9.58. The third-order valence-electron chi connectivity index (χ3n) is 2.79. The van der Waals surface area contributed by atoms with E-state index in [1.807, 2.05) is 6.92 Å². The molecular formula is C15H19FN2O2. The Bertz CT molecular complexity index is 497. The molecule has 0 saturated carbocycles. The second kappa shape index (κ2) is 8.18. The Hall–Kier alpha value is -2.06. The predicted molar refractivity (Wildman–Crippen MR) is 75.7 cm³/mol. The van der Waals surface area contributed by atoms with Gasteiger partial charge in [-0.05, 0) is 24.5 Å². The van der Waals surface area contributed by atoms with E-state index in [9.17, 15) is 9.18 Å². The molecular weight excluding hydrogens is 259 g/mol. The van der Waals surface area contributed by atoms with Gasteiger partial charge in [-0.15, -0.1) is 6.42 Å². The minimum Gasteiger partial charge on any atom is -0.480 e. The average Bonchev–Trinajstić information content (AvgIpc) is 2.44. The number of rotatable bonds is 7. The van der Waals surface area contributed by atoms with Crippen LogP contribution >= 0.6 is 0 Å². The van der Waals surface area contributed by atoms with Gasteiger partial charge in [-0.1, -0.05) is 25.0 Å². The fourth-order valence-corrected chi connectivity index (χ4v) is 1.64. The monoisotopic (exact) mass is 278 g/mol. The number of nitrogens with two attached hydrogens (primary N) is 1. The molecule has 20 heavy (non-hydrogen) atoms. The largest absolute Gasteiger partial charge is 0.480 e. The predicted octanol–water partition coefficient (Wildman–Crippen LogP) is 1.23. The average molecular weight is 278 g/mol. The van der Waals surface area contributed by atoms with Gasteiger partial charge < -0.3 is 15.8 Å². The fourth-order valence-electron chi connectivity index (χ4n) is 1.64. The van der Waals surface area contributed by atoms with Crippen LogP contribution in [0.3, 0.4) is 0 Å². The highest BCUT2D eigenvalue weighted by Crippen LogP contribution is 2.24. The second-order valence-electron chi connectivity index (χ2n) is 4.37. The summed E-state index contributed by atoms with van der Waals surface area (Å²) in [5.41, 5.74) is 6.52. The van der Waals surface area contributed by atoms with E-state index in [2.05, 4.69) is 11.2 Å². The van der Waals surface area contributed by atoms with Gasteiger partial charge in [0.25, 0.3) is 5.91 Å². The number of terminal acetylenes is 1. The third-order valence-corrected chi connectivity index (χ3v) is 2.79. The van der Waals surface area contributed by atoms with Crippen molar-refractivity contribution in [3.05, 3.63) is 29.6 Å². The maximum absolute atomic E-state index is 13.8. The van der Waals surface area contributed by atoms with Crippen molar-refractivity contribution < 1.29 is 13.9 Å². The Kier molecular flexibility index (Phi) is 6.54. The Morgan fingerprint density at radius 3 is 3.00 bits per heavy atom. The van der Waals surface area contributed by atoms with Crippen LogP contribution in [-0.4, -0.2) is 25.1 Å². The summed E-state index contributed by atoms with van der Waals surface area (Å²) in [6, 6.07) is 4.55. The summed E-state index contributed by atoms with van der Waals surface area (Å²) in [4.78, 5) is 11.4. The molecule has 0 saturated heterocycles. The summed E-state index contributed by atoms with van der Waals surface area (Å²) in [5, 5.41) is 2.45. The smallest absolute Gasteiger partial charge is 0.258 e. The Balaban J connectivity index is 2.73. The van der Waals surface area contributed by atoms with Gasteiger partial charge in [0.1, 0.15) is 0 Å². The van der Waals surface area contributed by atoms with Crippen LogP contribution in [-0.2, 0) is 11.2 Å². The summed E-state index contributed by atoms with van der Waals surface area (Å²) in [6.07, 6.45) is 6.30. The van der Waals surface area contributed by atoms with Gasteiger partial charge in [-0.25, -0.2) is 4.39 Å². The number of nitrogens with one attached hydrogen (secondary N) is 1. The summed E-state index contributed by atoms with van der Waals surface area (Å²) in [5.74, 6) is 1.46. The molecule has 1 rings (SSSR count). The number of para-hydroxylation sites is 1. The van der Waals surface area contributed by atoms with Crippen LogP contribution in [0.1, 0.15) is 18.9 Å². The molecule has 0 radical (unpaired) electrons. The van der Waals surface area contributed by atoms with E-state index in [1.165, 1.54) is 6.07 Å².